The van der Waals surface area contributed by atoms with Gasteiger partial charge in [-0.15, -0.1) is 0 Å². The van der Waals surface area contributed by atoms with Gasteiger partial charge in [0.05, 0.1) is 5.39 Å². The van der Waals surface area contributed by atoms with Gasteiger partial charge >= 0.3 is 0 Å². The summed E-state index contributed by atoms with van der Waals surface area (Å²) in [6.07, 6.45) is 5.25. The molecule has 0 amide bonds. The number of aromatic nitrogens is 5. The maximum Gasteiger partial charge on any atom is 0.166 e. The molecule has 7 heteroatoms. The second-order valence-corrected chi connectivity index (χ2v) is 6.13. The van der Waals surface area contributed by atoms with E-state index in [4.69, 9.17) is 5.73 Å². The lowest BCUT2D eigenvalue weighted by molar-refractivity contribution is 0.872. The molecule has 4 aromatic rings. The number of anilines is 2. The molecule has 4 rings (SSSR count). The van der Waals surface area contributed by atoms with Crippen LogP contribution in [0.15, 0.2) is 55.1 Å². The van der Waals surface area contributed by atoms with E-state index in [2.05, 4.69) is 61.0 Å². The van der Waals surface area contributed by atoms with Crippen molar-refractivity contribution >= 4 is 22.7 Å². The number of hydrogen-bond donors (Lipinski definition) is 2. The Kier molecular flexibility index (Phi) is 3.96. The minimum Gasteiger partial charge on any atom is -0.384 e. The fourth-order valence-corrected chi connectivity index (χ4v) is 2.93. The van der Waals surface area contributed by atoms with Gasteiger partial charge in [0.1, 0.15) is 23.8 Å². The van der Waals surface area contributed by atoms with E-state index in [1.54, 1.807) is 12.3 Å². The molecule has 26 heavy (non-hydrogen) atoms. The number of imidazole rings is 1. The predicted octanol–water partition coefficient (Wildman–Crippen LogP) is 3.27. The van der Waals surface area contributed by atoms with Crippen LogP contribution in [0.3, 0.4) is 0 Å². The molecule has 0 aliphatic heterocycles. The van der Waals surface area contributed by atoms with Crippen molar-refractivity contribution in [2.24, 2.45) is 0 Å². The lowest BCUT2D eigenvalue weighted by Gasteiger charge is -2.17. The molecule has 0 bridgehead atoms. The number of nitrogens with zero attached hydrogens (tertiary/aromatic N) is 5. The van der Waals surface area contributed by atoms with Crippen LogP contribution < -0.4 is 11.1 Å². The van der Waals surface area contributed by atoms with Crippen molar-refractivity contribution in [2.75, 3.05) is 11.1 Å². The van der Waals surface area contributed by atoms with Crippen molar-refractivity contribution < 1.29 is 0 Å². The number of fused-ring (bicyclic) bond motifs is 1. The number of nitrogens with one attached hydrogen (secondary N) is 1. The molecular formula is C19H19N7. The minimum absolute atomic E-state index is 0.0728. The SMILES string of the molecule is Cc1nccn1-c1ccc([C@@H](C)Nc2ncnc3nc(N)ccc23)cc1. The van der Waals surface area contributed by atoms with E-state index in [0.29, 0.717) is 11.5 Å². The summed E-state index contributed by atoms with van der Waals surface area (Å²) in [5.74, 6) is 2.15. The number of nitrogen functional groups attached to an aromatic ring is 1. The fourth-order valence-electron chi connectivity index (χ4n) is 2.93. The zero-order chi connectivity index (χ0) is 18.1. The van der Waals surface area contributed by atoms with Gasteiger partial charge in [-0.1, -0.05) is 12.1 Å². The average molecular weight is 345 g/mol. The summed E-state index contributed by atoms with van der Waals surface area (Å²) < 4.78 is 2.05. The molecule has 0 spiro atoms. The van der Waals surface area contributed by atoms with Crippen molar-refractivity contribution in [1.29, 1.82) is 0 Å². The largest absolute Gasteiger partial charge is 0.384 e. The van der Waals surface area contributed by atoms with Gasteiger partial charge in [-0.25, -0.2) is 19.9 Å². The monoisotopic (exact) mass is 345 g/mol. The van der Waals surface area contributed by atoms with E-state index in [9.17, 15) is 0 Å². The molecule has 3 heterocycles. The van der Waals surface area contributed by atoms with Crippen LogP contribution in [0.2, 0.25) is 0 Å². The molecular weight excluding hydrogens is 326 g/mol. The normalized spacial score (nSPS) is 12.2. The summed E-state index contributed by atoms with van der Waals surface area (Å²) >= 11 is 0. The summed E-state index contributed by atoms with van der Waals surface area (Å²) in [7, 11) is 0. The maximum absolute atomic E-state index is 5.73. The topological polar surface area (TPSA) is 94.5 Å². The minimum atomic E-state index is 0.0728. The van der Waals surface area contributed by atoms with Gasteiger partial charge in [0.25, 0.3) is 0 Å². The van der Waals surface area contributed by atoms with Crippen molar-refractivity contribution in [3.63, 3.8) is 0 Å². The second kappa shape index (κ2) is 6.44. The molecule has 1 atom stereocenters. The van der Waals surface area contributed by atoms with Crippen molar-refractivity contribution in [3.05, 3.63) is 66.5 Å². The first kappa shape index (κ1) is 16.0. The van der Waals surface area contributed by atoms with Gasteiger partial charge in [-0.3, -0.25) is 0 Å². The highest BCUT2D eigenvalue weighted by molar-refractivity contribution is 5.87. The van der Waals surface area contributed by atoms with Crippen molar-refractivity contribution in [1.82, 2.24) is 24.5 Å². The smallest absolute Gasteiger partial charge is 0.166 e. The highest BCUT2D eigenvalue weighted by Gasteiger charge is 2.11. The first-order valence-corrected chi connectivity index (χ1v) is 8.36. The molecule has 3 N–H and O–H groups in total. The predicted molar refractivity (Wildman–Crippen MR) is 102 cm³/mol. The first-order chi connectivity index (χ1) is 12.6. The standard InChI is InChI=1S/C19H19N7/c1-12(14-3-5-15(6-4-14)26-10-9-21-13(26)2)24-18-16-7-8-17(20)25-19(16)23-11-22-18/h3-12H,1-2H3,(H3,20,22,23,24,25)/t12-/m1/s1. The zero-order valence-corrected chi connectivity index (χ0v) is 14.6. The van der Waals surface area contributed by atoms with Gasteiger partial charge in [-0.05, 0) is 43.7 Å². The van der Waals surface area contributed by atoms with E-state index in [1.807, 2.05) is 19.2 Å². The number of aryl methyl sites for hydroxylation is 1. The highest BCUT2D eigenvalue weighted by atomic mass is 15.1. The van der Waals surface area contributed by atoms with Crippen molar-refractivity contribution in [2.45, 2.75) is 19.9 Å². The first-order valence-electron chi connectivity index (χ1n) is 8.36. The number of nitrogens with two attached hydrogens (primary N) is 1. The highest BCUT2D eigenvalue weighted by Crippen LogP contribution is 2.24. The third kappa shape index (κ3) is 2.95. The van der Waals surface area contributed by atoms with E-state index >= 15 is 0 Å². The van der Waals surface area contributed by atoms with Crippen LogP contribution in [-0.4, -0.2) is 24.5 Å². The Morgan fingerprint density at radius 1 is 1.04 bits per heavy atom. The van der Waals surface area contributed by atoms with Gasteiger partial charge < -0.3 is 15.6 Å². The third-order valence-electron chi connectivity index (χ3n) is 4.37. The van der Waals surface area contributed by atoms with Crippen LogP contribution in [0.1, 0.15) is 24.4 Å². The lowest BCUT2D eigenvalue weighted by atomic mass is 10.1. The van der Waals surface area contributed by atoms with Crippen LogP contribution in [0.5, 0.6) is 0 Å². The summed E-state index contributed by atoms with van der Waals surface area (Å²) in [6.45, 7) is 4.08. The molecule has 0 fully saturated rings. The molecule has 0 aliphatic carbocycles. The fraction of sp³-hybridized carbons (Fsp3) is 0.158. The van der Waals surface area contributed by atoms with E-state index in [0.717, 1.165) is 28.3 Å². The van der Waals surface area contributed by atoms with Crippen molar-refractivity contribution in [3.8, 4) is 5.69 Å². The van der Waals surface area contributed by atoms with Gasteiger partial charge in [-0.2, -0.15) is 0 Å². The number of hydrogen-bond acceptors (Lipinski definition) is 6. The van der Waals surface area contributed by atoms with Crippen LogP contribution in [0.4, 0.5) is 11.6 Å². The van der Waals surface area contributed by atoms with E-state index < -0.39 is 0 Å². The Bertz CT molecular complexity index is 1050. The Balaban J connectivity index is 1.59. The summed E-state index contributed by atoms with van der Waals surface area (Å²) in [5, 5.41) is 4.28. The maximum atomic E-state index is 5.73. The molecule has 1 aromatic carbocycles. The van der Waals surface area contributed by atoms with Gasteiger partial charge in [0.15, 0.2) is 5.65 Å². The quantitative estimate of drug-likeness (QED) is 0.589. The molecule has 130 valence electrons. The third-order valence-corrected chi connectivity index (χ3v) is 4.37. The Morgan fingerprint density at radius 3 is 2.58 bits per heavy atom. The van der Waals surface area contributed by atoms with E-state index in [1.165, 1.54) is 6.33 Å². The molecule has 0 unspecified atom stereocenters. The number of benzene rings is 1. The summed E-state index contributed by atoms with van der Waals surface area (Å²) in [5.41, 5.74) is 8.56. The van der Waals surface area contributed by atoms with Gasteiger partial charge in [0, 0.05) is 24.1 Å². The molecule has 0 saturated heterocycles. The molecule has 7 nitrogen and oxygen atoms in total. The second-order valence-electron chi connectivity index (χ2n) is 6.13. The summed E-state index contributed by atoms with van der Waals surface area (Å²) in [6, 6.07) is 12.1. The van der Waals surface area contributed by atoms with E-state index in [-0.39, 0.29) is 6.04 Å². The molecule has 0 saturated carbocycles. The average Bonchev–Trinajstić information content (AvgIpc) is 3.07. The lowest BCUT2D eigenvalue weighted by Crippen LogP contribution is -2.09. The molecule has 0 radical (unpaired) electrons. The van der Waals surface area contributed by atoms with Crippen LogP contribution in [0.25, 0.3) is 16.7 Å². The summed E-state index contributed by atoms with van der Waals surface area (Å²) in [4.78, 5) is 17.0. The van der Waals surface area contributed by atoms with Crippen LogP contribution in [0, 0.1) is 6.92 Å². The Morgan fingerprint density at radius 2 is 1.85 bits per heavy atom. The Labute approximate surface area is 151 Å². The Hall–Kier alpha value is -3.48. The van der Waals surface area contributed by atoms with Gasteiger partial charge in [0.2, 0.25) is 0 Å². The zero-order valence-electron chi connectivity index (χ0n) is 14.6. The van der Waals surface area contributed by atoms with Crippen LogP contribution in [-0.2, 0) is 0 Å². The number of rotatable bonds is 4. The van der Waals surface area contributed by atoms with Crippen LogP contribution >= 0.6 is 0 Å². The molecule has 3 aromatic heterocycles. The molecule has 0 aliphatic rings. The number of pyridine rings is 1.